The minimum atomic E-state index is -1.02. The zero-order valence-electron chi connectivity index (χ0n) is 6.69. The van der Waals surface area contributed by atoms with Crippen molar-refractivity contribution in [2.75, 3.05) is 11.9 Å². The van der Waals surface area contributed by atoms with Crippen molar-refractivity contribution < 1.29 is 20.1 Å². The Hall–Kier alpha value is -1.91. The molecule has 0 saturated carbocycles. The molecule has 4 N–H and O–H groups in total. The van der Waals surface area contributed by atoms with Gasteiger partial charge in [0.2, 0.25) is 0 Å². The summed E-state index contributed by atoms with van der Waals surface area (Å²) in [6, 6.07) is 3.88. The summed E-state index contributed by atoms with van der Waals surface area (Å²) in [7, 11) is 0. The van der Waals surface area contributed by atoms with E-state index in [0.29, 0.717) is 0 Å². The van der Waals surface area contributed by atoms with Gasteiger partial charge in [0.25, 0.3) is 0 Å². The lowest BCUT2D eigenvalue weighted by atomic mass is 10.3. The summed E-state index contributed by atoms with van der Waals surface area (Å²) in [5.74, 6) is -1.27. The molecule has 0 atom stereocenters. The van der Waals surface area contributed by atoms with Crippen LogP contribution in [0.2, 0.25) is 0 Å². The number of benzene rings is 1. The van der Waals surface area contributed by atoms with Crippen molar-refractivity contribution in [1.82, 2.24) is 0 Å². The second kappa shape index (κ2) is 3.66. The molecule has 0 bridgehead atoms. The predicted molar refractivity (Wildman–Crippen MR) is 45.9 cm³/mol. The van der Waals surface area contributed by atoms with Crippen LogP contribution >= 0.6 is 0 Å². The Morgan fingerprint density at radius 3 is 2.62 bits per heavy atom. The number of carboxylic acids is 1. The molecule has 0 saturated heterocycles. The summed E-state index contributed by atoms with van der Waals surface area (Å²) < 4.78 is 0. The molecule has 0 aliphatic rings. The average Bonchev–Trinajstić information content (AvgIpc) is 2.02. The first kappa shape index (κ1) is 9.18. The Morgan fingerprint density at radius 1 is 1.38 bits per heavy atom. The Labute approximate surface area is 74.3 Å². The first-order chi connectivity index (χ1) is 6.09. The van der Waals surface area contributed by atoms with Gasteiger partial charge in [-0.15, -0.1) is 0 Å². The fraction of sp³-hybridized carbons (Fsp3) is 0.125. The molecule has 0 radical (unpaired) electrons. The number of hydrogen-bond donors (Lipinski definition) is 4. The van der Waals surface area contributed by atoms with Crippen molar-refractivity contribution >= 4 is 11.7 Å². The van der Waals surface area contributed by atoms with Gasteiger partial charge in [-0.1, -0.05) is 0 Å². The van der Waals surface area contributed by atoms with Crippen LogP contribution in [0.25, 0.3) is 0 Å². The number of aliphatic carboxylic acids is 1. The number of carboxylic acid groups (broad SMARTS) is 1. The van der Waals surface area contributed by atoms with Crippen molar-refractivity contribution in [3.05, 3.63) is 18.2 Å². The fourth-order valence-corrected chi connectivity index (χ4v) is 0.840. The normalized spacial score (nSPS) is 9.54. The van der Waals surface area contributed by atoms with Crippen LogP contribution in [0.4, 0.5) is 5.69 Å². The highest BCUT2D eigenvalue weighted by Gasteiger charge is 2.02. The second-order valence-electron chi connectivity index (χ2n) is 2.45. The lowest BCUT2D eigenvalue weighted by molar-refractivity contribution is -0.134. The first-order valence-electron chi connectivity index (χ1n) is 3.57. The lowest BCUT2D eigenvalue weighted by Crippen LogP contribution is -2.12. The van der Waals surface area contributed by atoms with Gasteiger partial charge in [0, 0.05) is 6.07 Å². The molecule has 0 unspecified atom stereocenters. The Balaban J connectivity index is 2.72. The number of nitrogens with one attached hydrogen (secondary N) is 1. The third kappa shape index (κ3) is 2.55. The molecule has 5 heteroatoms. The molecule has 0 amide bonds. The van der Waals surface area contributed by atoms with E-state index in [1.165, 1.54) is 12.1 Å². The van der Waals surface area contributed by atoms with Crippen molar-refractivity contribution in [1.29, 1.82) is 0 Å². The maximum atomic E-state index is 10.2. The molecule has 0 heterocycles. The van der Waals surface area contributed by atoms with Gasteiger partial charge in [0.05, 0.1) is 5.69 Å². The molecule has 0 spiro atoms. The van der Waals surface area contributed by atoms with Crippen molar-refractivity contribution in [2.45, 2.75) is 0 Å². The fourth-order valence-electron chi connectivity index (χ4n) is 0.840. The summed E-state index contributed by atoms with van der Waals surface area (Å²) in [4.78, 5) is 10.2. The van der Waals surface area contributed by atoms with E-state index in [1.807, 2.05) is 0 Å². The molecular formula is C8H9NO4. The molecule has 70 valence electrons. The summed E-state index contributed by atoms with van der Waals surface area (Å²) in [5.41, 5.74) is 0.278. The molecule has 5 nitrogen and oxygen atoms in total. The smallest absolute Gasteiger partial charge is 0.322 e. The van der Waals surface area contributed by atoms with E-state index in [4.69, 9.17) is 10.2 Å². The third-order valence-electron chi connectivity index (χ3n) is 1.41. The zero-order valence-corrected chi connectivity index (χ0v) is 6.69. The predicted octanol–water partition coefficient (Wildman–Crippen LogP) is 0.594. The lowest BCUT2D eigenvalue weighted by Gasteiger charge is -2.05. The Bertz CT molecular complexity index is 324. The van der Waals surface area contributed by atoms with Gasteiger partial charge in [-0.25, -0.2) is 0 Å². The van der Waals surface area contributed by atoms with E-state index in [1.54, 1.807) is 0 Å². The number of phenolic OH excluding ortho intramolecular Hbond substituents is 2. The first-order valence-corrected chi connectivity index (χ1v) is 3.57. The summed E-state index contributed by atoms with van der Waals surface area (Å²) in [6.07, 6.45) is 0. The number of carbonyl (C=O) groups is 1. The summed E-state index contributed by atoms with van der Waals surface area (Å²) >= 11 is 0. The van der Waals surface area contributed by atoms with Crippen LogP contribution in [-0.4, -0.2) is 27.8 Å². The molecule has 1 aromatic rings. The summed E-state index contributed by atoms with van der Waals surface area (Å²) in [5, 5.41) is 28.9. The number of aromatic hydroxyl groups is 2. The largest absolute Gasteiger partial charge is 0.508 e. The van der Waals surface area contributed by atoms with Gasteiger partial charge < -0.3 is 20.6 Å². The zero-order chi connectivity index (χ0) is 9.84. The topological polar surface area (TPSA) is 89.8 Å². The van der Waals surface area contributed by atoms with Crippen LogP contribution in [-0.2, 0) is 4.79 Å². The van der Waals surface area contributed by atoms with Crippen LogP contribution in [0.3, 0.4) is 0 Å². The number of phenols is 2. The van der Waals surface area contributed by atoms with Gasteiger partial charge in [0.1, 0.15) is 18.0 Å². The van der Waals surface area contributed by atoms with E-state index in [9.17, 15) is 9.90 Å². The van der Waals surface area contributed by atoms with E-state index in [-0.39, 0.29) is 23.7 Å². The highest BCUT2D eigenvalue weighted by Crippen LogP contribution is 2.26. The van der Waals surface area contributed by atoms with Crippen LogP contribution in [0.1, 0.15) is 0 Å². The Kier molecular flexibility index (Phi) is 2.59. The van der Waals surface area contributed by atoms with Crippen LogP contribution < -0.4 is 5.32 Å². The molecule has 0 aromatic heterocycles. The maximum Gasteiger partial charge on any atom is 0.322 e. The van der Waals surface area contributed by atoms with Gasteiger partial charge in [-0.05, 0) is 12.1 Å². The molecule has 1 aromatic carbocycles. The highest BCUT2D eigenvalue weighted by atomic mass is 16.4. The minimum absolute atomic E-state index is 0.0709. The van der Waals surface area contributed by atoms with Crippen LogP contribution in [0.5, 0.6) is 11.5 Å². The van der Waals surface area contributed by atoms with Gasteiger partial charge in [-0.3, -0.25) is 4.79 Å². The molecule has 1 rings (SSSR count). The summed E-state index contributed by atoms with van der Waals surface area (Å²) in [6.45, 7) is -0.279. The number of anilines is 1. The van der Waals surface area contributed by atoms with Crippen LogP contribution in [0.15, 0.2) is 18.2 Å². The highest BCUT2D eigenvalue weighted by molar-refractivity contribution is 5.74. The van der Waals surface area contributed by atoms with Crippen molar-refractivity contribution in [3.8, 4) is 11.5 Å². The number of hydrogen-bond acceptors (Lipinski definition) is 4. The maximum absolute atomic E-state index is 10.2. The number of rotatable bonds is 3. The molecule has 0 aliphatic carbocycles. The van der Waals surface area contributed by atoms with Gasteiger partial charge >= 0.3 is 5.97 Å². The van der Waals surface area contributed by atoms with Crippen molar-refractivity contribution in [3.63, 3.8) is 0 Å². The van der Waals surface area contributed by atoms with Gasteiger partial charge in [-0.2, -0.15) is 0 Å². The minimum Gasteiger partial charge on any atom is -0.508 e. The molecule has 0 aliphatic heterocycles. The monoisotopic (exact) mass is 183 g/mol. The third-order valence-corrected chi connectivity index (χ3v) is 1.41. The average molecular weight is 183 g/mol. The second-order valence-corrected chi connectivity index (χ2v) is 2.45. The molecule has 0 fully saturated rings. The van der Waals surface area contributed by atoms with Crippen LogP contribution in [0, 0.1) is 0 Å². The molecule has 13 heavy (non-hydrogen) atoms. The van der Waals surface area contributed by atoms with E-state index >= 15 is 0 Å². The van der Waals surface area contributed by atoms with E-state index in [2.05, 4.69) is 5.32 Å². The Morgan fingerprint density at radius 2 is 2.08 bits per heavy atom. The standard InChI is InChI=1S/C8H9NO4/c10-5-1-2-6(7(11)3-5)9-4-8(12)13/h1-3,9-11H,4H2,(H,12,13). The van der Waals surface area contributed by atoms with Gasteiger partial charge in [0.15, 0.2) is 0 Å². The van der Waals surface area contributed by atoms with E-state index in [0.717, 1.165) is 6.07 Å². The quantitative estimate of drug-likeness (QED) is 0.407. The van der Waals surface area contributed by atoms with Crippen molar-refractivity contribution in [2.24, 2.45) is 0 Å². The van der Waals surface area contributed by atoms with E-state index < -0.39 is 5.97 Å². The SMILES string of the molecule is O=C(O)CNc1ccc(O)cc1O. The molecular weight excluding hydrogens is 174 g/mol.